The summed E-state index contributed by atoms with van der Waals surface area (Å²) < 4.78 is 0.295. The van der Waals surface area contributed by atoms with E-state index in [0.29, 0.717) is 4.05 Å². The number of aliphatic imine (C=N–C) groups is 2. The molecule has 0 amide bonds. The van der Waals surface area contributed by atoms with E-state index in [0.717, 1.165) is 13.0 Å². The van der Waals surface area contributed by atoms with E-state index in [1.807, 2.05) is 6.92 Å². The first-order valence-corrected chi connectivity index (χ1v) is 4.27. The monoisotopic (exact) mass is 238 g/mol. The van der Waals surface area contributed by atoms with Gasteiger partial charge >= 0.3 is 0 Å². The SMILES string of the molecule is CCCN=C=NC(C)I. The zero-order chi connectivity index (χ0) is 7.11. The van der Waals surface area contributed by atoms with Crippen LogP contribution in [0.3, 0.4) is 0 Å². The van der Waals surface area contributed by atoms with Crippen molar-refractivity contribution in [3.8, 4) is 0 Å². The van der Waals surface area contributed by atoms with Gasteiger partial charge in [0.25, 0.3) is 0 Å². The lowest BCUT2D eigenvalue weighted by atomic mass is 10.5. The fourth-order valence-corrected chi connectivity index (χ4v) is 0.407. The number of hydrogen-bond donors (Lipinski definition) is 0. The van der Waals surface area contributed by atoms with Crippen molar-refractivity contribution in [1.82, 2.24) is 0 Å². The highest BCUT2D eigenvalue weighted by Crippen LogP contribution is 1.96. The molecule has 0 fully saturated rings. The maximum absolute atomic E-state index is 3.93. The van der Waals surface area contributed by atoms with E-state index in [1.165, 1.54) is 0 Å². The van der Waals surface area contributed by atoms with Gasteiger partial charge in [0.1, 0.15) is 4.05 Å². The van der Waals surface area contributed by atoms with Crippen LogP contribution >= 0.6 is 22.6 Å². The Bertz CT molecular complexity index is 114. The molecule has 2 nitrogen and oxygen atoms in total. The van der Waals surface area contributed by atoms with Crippen molar-refractivity contribution in [2.24, 2.45) is 9.98 Å². The Morgan fingerprint density at radius 2 is 2.33 bits per heavy atom. The smallest absolute Gasteiger partial charge is 0.109 e. The first kappa shape index (κ1) is 9.11. The Morgan fingerprint density at radius 3 is 2.78 bits per heavy atom. The second kappa shape index (κ2) is 6.23. The van der Waals surface area contributed by atoms with Crippen LogP contribution in [-0.4, -0.2) is 16.6 Å². The second-order valence-corrected chi connectivity index (χ2v) is 3.49. The molecule has 0 aliphatic rings. The van der Waals surface area contributed by atoms with E-state index in [4.69, 9.17) is 0 Å². The molecule has 52 valence electrons. The van der Waals surface area contributed by atoms with E-state index < -0.39 is 0 Å². The summed E-state index contributed by atoms with van der Waals surface area (Å²) in [6.07, 6.45) is 1.07. The number of nitrogens with zero attached hydrogens (tertiary/aromatic N) is 2. The minimum absolute atomic E-state index is 0.295. The summed E-state index contributed by atoms with van der Waals surface area (Å²) in [5.74, 6) is 0. The highest BCUT2D eigenvalue weighted by molar-refractivity contribution is 14.1. The van der Waals surface area contributed by atoms with Crippen LogP contribution in [0.5, 0.6) is 0 Å². The Kier molecular flexibility index (Phi) is 6.31. The highest BCUT2D eigenvalue weighted by Gasteiger charge is 1.81. The van der Waals surface area contributed by atoms with E-state index in [1.54, 1.807) is 0 Å². The Morgan fingerprint density at radius 1 is 1.67 bits per heavy atom. The van der Waals surface area contributed by atoms with Gasteiger partial charge in [0.2, 0.25) is 0 Å². The molecule has 0 N–H and O–H groups in total. The third-order valence-corrected chi connectivity index (χ3v) is 0.920. The second-order valence-electron chi connectivity index (χ2n) is 1.68. The van der Waals surface area contributed by atoms with Crippen LogP contribution < -0.4 is 0 Å². The van der Waals surface area contributed by atoms with Gasteiger partial charge in [-0.15, -0.1) is 0 Å². The number of halogens is 1. The third kappa shape index (κ3) is 8.11. The molecule has 0 aromatic heterocycles. The lowest BCUT2D eigenvalue weighted by Gasteiger charge is -1.84. The zero-order valence-corrected chi connectivity index (χ0v) is 7.92. The molecular weight excluding hydrogens is 227 g/mol. The molecule has 1 atom stereocenters. The van der Waals surface area contributed by atoms with Gasteiger partial charge in [0.05, 0.1) is 6.01 Å². The van der Waals surface area contributed by atoms with Crippen molar-refractivity contribution in [3.63, 3.8) is 0 Å². The van der Waals surface area contributed by atoms with E-state index in [2.05, 4.69) is 45.5 Å². The molecule has 9 heavy (non-hydrogen) atoms. The summed E-state index contributed by atoms with van der Waals surface area (Å²) >= 11 is 2.21. The fourth-order valence-electron chi connectivity index (χ4n) is 0.282. The summed E-state index contributed by atoms with van der Waals surface area (Å²) in [5, 5.41) is 0. The van der Waals surface area contributed by atoms with Crippen LogP contribution in [0.15, 0.2) is 9.98 Å². The summed E-state index contributed by atoms with van der Waals surface area (Å²) in [7, 11) is 0. The van der Waals surface area contributed by atoms with Gasteiger partial charge < -0.3 is 0 Å². The molecule has 0 aromatic carbocycles. The summed E-state index contributed by atoms with van der Waals surface area (Å²) in [4.78, 5) is 7.84. The van der Waals surface area contributed by atoms with Crippen LogP contribution in [0.2, 0.25) is 0 Å². The fraction of sp³-hybridized carbons (Fsp3) is 0.833. The minimum Gasteiger partial charge on any atom is -0.226 e. The Balaban J connectivity index is 3.41. The molecule has 0 saturated carbocycles. The molecule has 0 rings (SSSR count). The minimum atomic E-state index is 0.295. The van der Waals surface area contributed by atoms with Gasteiger partial charge in [0, 0.05) is 6.54 Å². The largest absolute Gasteiger partial charge is 0.226 e. The van der Waals surface area contributed by atoms with Crippen molar-refractivity contribution in [2.75, 3.05) is 6.54 Å². The molecule has 1 unspecified atom stereocenters. The van der Waals surface area contributed by atoms with Gasteiger partial charge in [-0.25, -0.2) is 9.98 Å². The van der Waals surface area contributed by atoms with Crippen molar-refractivity contribution < 1.29 is 0 Å². The zero-order valence-electron chi connectivity index (χ0n) is 5.76. The topological polar surface area (TPSA) is 24.7 Å². The predicted octanol–water partition coefficient (Wildman–Crippen LogP) is 2.35. The van der Waals surface area contributed by atoms with Crippen molar-refractivity contribution >= 4 is 28.6 Å². The summed E-state index contributed by atoms with van der Waals surface area (Å²) in [6, 6.07) is 2.63. The number of alkyl halides is 1. The van der Waals surface area contributed by atoms with Crippen molar-refractivity contribution in [1.29, 1.82) is 0 Å². The van der Waals surface area contributed by atoms with E-state index in [9.17, 15) is 0 Å². The van der Waals surface area contributed by atoms with Gasteiger partial charge in [0.15, 0.2) is 0 Å². The predicted molar refractivity (Wildman–Crippen MR) is 48.5 cm³/mol. The van der Waals surface area contributed by atoms with Crippen molar-refractivity contribution in [3.05, 3.63) is 0 Å². The molecule has 3 heteroatoms. The molecule has 0 radical (unpaired) electrons. The average Bonchev–Trinajstić information content (AvgIpc) is 1.80. The van der Waals surface area contributed by atoms with Gasteiger partial charge in [-0.05, 0) is 13.3 Å². The molecule has 0 aliphatic carbocycles. The number of rotatable bonds is 3. The maximum atomic E-state index is 3.93. The molecule has 0 saturated heterocycles. The van der Waals surface area contributed by atoms with Gasteiger partial charge in [-0.1, -0.05) is 29.5 Å². The first-order valence-electron chi connectivity index (χ1n) is 3.02. The van der Waals surface area contributed by atoms with E-state index in [-0.39, 0.29) is 0 Å². The molecule has 0 aromatic rings. The van der Waals surface area contributed by atoms with Crippen LogP contribution in [0, 0.1) is 0 Å². The van der Waals surface area contributed by atoms with Crippen LogP contribution in [0.4, 0.5) is 0 Å². The molecule has 0 aliphatic heterocycles. The first-order chi connectivity index (χ1) is 4.27. The van der Waals surface area contributed by atoms with Crippen LogP contribution in [0.25, 0.3) is 0 Å². The summed E-state index contributed by atoms with van der Waals surface area (Å²) in [5.41, 5.74) is 0. The highest BCUT2D eigenvalue weighted by atomic mass is 127. The number of hydrogen-bond acceptors (Lipinski definition) is 2. The van der Waals surface area contributed by atoms with Crippen molar-refractivity contribution in [2.45, 2.75) is 24.3 Å². The molecule has 0 spiro atoms. The third-order valence-electron chi connectivity index (χ3n) is 0.642. The standard InChI is InChI=1S/C6H11IN2/c1-3-4-8-5-9-6(2)7/h6H,3-4H2,1-2H3. The Hall–Kier alpha value is 0.110. The lowest BCUT2D eigenvalue weighted by molar-refractivity contribution is 0.934. The van der Waals surface area contributed by atoms with Gasteiger partial charge in [-0.2, -0.15) is 0 Å². The van der Waals surface area contributed by atoms with E-state index >= 15 is 0 Å². The normalized spacial score (nSPS) is 11.9. The maximum Gasteiger partial charge on any atom is 0.109 e. The average molecular weight is 238 g/mol. The van der Waals surface area contributed by atoms with Crippen LogP contribution in [-0.2, 0) is 0 Å². The molecular formula is C6H11IN2. The quantitative estimate of drug-likeness (QED) is 0.312. The summed E-state index contributed by atoms with van der Waals surface area (Å²) in [6.45, 7) is 4.92. The molecule has 0 bridgehead atoms. The Labute approximate surface area is 69.6 Å². The van der Waals surface area contributed by atoms with Crippen LogP contribution in [0.1, 0.15) is 20.3 Å². The lowest BCUT2D eigenvalue weighted by Crippen LogP contribution is -1.79. The van der Waals surface area contributed by atoms with Gasteiger partial charge in [-0.3, -0.25) is 0 Å². The molecule has 0 heterocycles.